The molecule has 0 fully saturated rings. The van der Waals surface area contributed by atoms with Crippen LogP contribution < -0.4 is 5.32 Å². The fraction of sp³-hybridized carbons (Fsp3) is 0.467. The van der Waals surface area contributed by atoms with Crippen molar-refractivity contribution < 1.29 is 4.79 Å². The number of aromatic nitrogens is 1. The second-order valence-corrected chi connectivity index (χ2v) is 8.10. The summed E-state index contributed by atoms with van der Waals surface area (Å²) >= 11 is 3.36. The van der Waals surface area contributed by atoms with Crippen molar-refractivity contribution >= 4 is 29.4 Å². The summed E-state index contributed by atoms with van der Waals surface area (Å²) in [6, 6.07) is 3.60. The zero-order valence-corrected chi connectivity index (χ0v) is 13.9. The second kappa shape index (κ2) is 8.37. The van der Waals surface area contributed by atoms with Gasteiger partial charge in [-0.25, -0.2) is 4.98 Å². The highest BCUT2D eigenvalue weighted by Crippen LogP contribution is 2.22. The Morgan fingerprint density at radius 2 is 2.25 bits per heavy atom. The van der Waals surface area contributed by atoms with Crippen molar-refractivity contribution in [1.29, 1.82) is 0 Å². The molecule has 1 rings (SSSR count). The van der Waals surface area contributed by atoms with Gasteiger partial charge in [0.1, 0.15) is 5.03 Å². The standard InChI is InChI=1S/C15H22N2OS2/c1-5-10-19-14-12(7-6-8-17-14)13(18)16-9-11-20-15(2,3)4/h5-8H,1,9-11H2,2-4H3,(H,16,18). The molecular formula is C15H22N2OS2. The molecule has 0 aliphatic carbocycles. The van der Waals surface area contributed by atoms with Crippen LogP contribution in [0.25, 0.3) is 0 Å². The van der Waals surface area contributed by atoms with Crippen molar-refractivity contribution in [2.75, 3.05) is 18.1 Å². The van der Waals surface area contributed by atoms with Crippen LogP contribution in [-0.2, 0) is 0 Å². The van der Waals surface area contributed by atoms with E-state index in [1.807, 2.05) is 17.8 Å². The molecule has 1 amide bonds. The van der Waals surface area contributed by atoms with Crippen molar-refractivity contribution in [2.45, 2.75) is 30.5 Å². The average molecular weight is 310 g/mol. The van der Waals surface area contributed by atoms with Crippen LogP contribution in [-0.4, -0.2) is 33.7 Å². The maximum absolute atomic E-state index is 12.2. The predicted octanol–water partition coefficient (Wildman–Crippen LogP) is 3.62. The first-order valence-corrected chi connectivity index (χ1v) is 8.52. The van der Waals surface area contributed by atoms with Crippen LogP contribution in [0.4, 0.5) is 0 Å². The van der Waals surface area contributed by atoms with Crippen molar-refractivity contribution in [3.05, 3.63) is 36.5 Å². The third kappa shape index (κ3) is 6.48. The number of pyridine rings is 1. The number of carbonyl (C=O) groups excluding carboxylic acids is 1. The van der Waals surface area contributed by atoms with Gasteiger partial charge in [0.2, 0.25) is 0 Å². The molecule has 0 aliphatic rings. The van der Waals surface area contributed by atoms with E-state index in [1.165, 1.54) is 11.8 Å². The Morgan fingerprint density at radius 3 is 2.90 bits per heavy atom. The Morgan fingerprint density at radius 1 is 1.50 bits per heavy atom. The van der Waals surface area contributed by atoms with Crippen LogP contribution in [0.5, 0.6) is 0 Å². The minimum absolute atomic E-state index is 0.0563. The summed E-state index contributed by atoms with van der Waals surface area (Å²) in [6.45, 7) is 10.9. The minimum atomic E-state index is -0.0563. The molecule has 1 N–H and O–H groups in total. The van der Waals surface area contributed by atoms with Crippen LogP contribution in [0.3, 0.4) is 0 Å². The molecule has 5 heteroatoms. The summed E-state index contributed by atoms with van der Waals surface area (Å²) in [4.78, 5) is 16.4. The van der Waals surface area contributed by atoms with Gasteiger partial charge in [0.05, 0.1) is 5.56 Å². The van der Waals surface area contributed by atoms with E-state index in [4.69, 9.17) is 0 Å². The van der Waals surface area contributed by atoms with Crippen molar-refractivity contribution in [3.8, 4) is 0 Å². The molecule has 110 valence electrons. The van der Waals surface area contributed by atoms with Gasteiger partial charge in [-0.3, -0.25) is 4.79 Å². The molecule has 0 unspecified atom stereocenters. The van der Waals surface area contributed by atoms with Crippen LogP contribution in [0.1, 0.15) is 31.1 Å². The number of rotatable bonds is 7. The maximum atomic E-state index is 12.2. The number of hydrogen-bond donors (Lipinski definition) is 1. The van der Waals surface area contributed by atoms with Crippen molar-refractivity contribution in [3.63, 3.8) is 0 Å². The molecule has 1 heterocycles. The topological polar surface area (TPSA) is 42.0 Å². The summed E-state index contributed by atoms with van der Waals surface area (Å²) in [5.41, 5.74) is 0.639. The molecular weight excluding hydrogens is 288 g/mol. The maximum Gasteiger partial charge on any atom is 0.254 e. The van der Waals surface area contributed by atoms with Gasteiger partial charge < -0.3 is 5.32 Å². The van der Waals surface area contributed by atoms with Gasteiger partial charge in [0.15, 0.2) is 0 Å². The van der Waals surface area contributed by atoms with E-state index >= 15 is 0 Å². The van der Waals surface area contributed by atoms with Gasteiger partial charge in [-0.15, -0.1) is 18.3 Å². The first-order valence-electron chi connectivity index (χ1n) is 6.55. The highest BCUT2D eigenvalue weighted by molar-refractivity contribution is 8.00. The largest absolute Gasteiger partial charge is 0.351 e. The smallest absolute Gasteiger partial charge is 0.254 e. The third-order valence-corrected chi connectivity index (χ3v) is 4.55. The highest BCUT2D eigenvalue weighted by Gasteiger charge is 2.13. The first-order chi connectivity index (χ1) is 9.44. The fourth-order valence-electron chi connectivity index (χ4n) is 1.43. The van der Waals surface area contributed by atoms with Crippen LogP contribution in [0, 0.1) is 0 Å². The second-order valence-electron chi connectivity index (χ2n) is 5.17. The summed E-state index contributed by atoms with van der Waals surface area (Å²) < 4.78 is 0.226. The first kappa shape index (κ1) is 17.1. The third-order valence-electron chi connectivity index (χ3n) is 2.28. The molecule has 0 aliphatic heterocycles. The fourth-order valence-corrected chi connectivity index (χ4v) is 2.98. The van der Waals surface area contributed by atoms with Gasteiger partial charge in [0.25, 0.3) is 5.91 Å². The van der Waals surface area contributed by atoms with E-state index < -0.39 is 0 Å². The number of thioether (sulfide) groups is 2. The highest BCUT2D eigenvalue weighted by atomic mass is 32.2. The molecule has 0 radical (unpaired) electrons. The molecule has 0 atom stereocenters. The lowest BCUT2D eigenvalue weighted by molar-refractivity contribution is 0.0952. The van der Waals surface area contributed by atoms with E-state index in [1.54, 1.807) is 18.3 Å². The van der Waals surface area contributed by atoms with E-state index in [2.05, 4.69) is 37.7 Å². The van der Waals surface area contributed by atoms with E-state index in [0.29, 0.717) is 12.1 Å². The number of carbonyl (C=O) groups is 1. The van der Waals surface area contributed by atoms with Gasteiger partial charge in [0, 0.05) is 29.0 Å². The van der Waals surface area contributed by atoms with Gasteiger partial charge >= 0.3 is 0 Å². The molecule has 0 spiro atoms. The van der Waals surface area contributed by atoms with Crippen LogP contribution in [0.2, 0.25) is 0 Å². The van der Waals surface area contributed by atoms with Crippen LogP contribution in [0.15, 0.2) is 36.0 Å². The molecule has 0 saturated heterocycles. The summed E-state index contributed by atoms with van der Waals surface area (Å²) in [6.07, 6.45) is 3.51. The quantitative estimate of drug-likeness (QED) is 0.474. The monoisotopic (exact) mass is 310 g/mol. The van der Waals surface area contributed by atoms with Crippen molar-refractivity contribution in [1.82, 2.24) is 10.3 Å². The van der Waals surface area contributed by atoms with Gasteiger partial charge in [-0.2, -0.15) is 11.8 Å². The molecule has 0 bridgehead atoms. The number of nitrogens with zero attached hydrogens (tertiary/aromatic N) is 1. The normalized spacial score (nSPS) is 11.2. The van der Waals surface area contributed by atoms with E-state index in [-0.39, 0.29) is 10.7 Å². The molecule has 1 aromatic rings. The number of nitrogens with one attached hydrogen (secondary N) is 1. The van der Waals surface area contributed by atoms with E-state index in [9.17, 15) is 4.79 Å². The lowest BCUT2D eigenvalue weighted by Crippen LogP contribution is -2.27. The lowest BCUT2D eigenvalue weighted by atomic mass is 10.2. The SMILES string of the molecule is C=CCSc1ncccc1C(=O)NCCSC(C)(C)C. The Labute approximate surface area is 130 Å². The van der Waals surface area contributed by atoms with Crippen molar-refractivity contribution in [2.24, 2.45) is 0 Å². The Kier molecular flexibility index (Phi) is 7.16. The predicted molar refractivity (Wildman–Crippen MR) is 89.7 cm³/mol. The molecule has 0 saturated carbocycles. The molecule has 1 aromatic heterocycles. The Balaban J connectivity index is 2.52. The lowest BCUT2D eigenvalue weighted by Gasteiger charge is -2.17. The minimum Gasteiger partial charge on any atom is -0.351 e. The summed E-state index contributed by atoms with van der Waals surface area (Å²) in [5.74, 6) is 1.60. The Bertz CT molecular complexity index is 455. The van der Waals surface area contributed by atoms with Gasteiger partial charge in [-0.1, -0.05) is 26.8 Å². The number of hydrogen-bond acceptors (Lipinski definition) is 4. The molecule has 20 heavy (non-hydrogen) atoms. The zero-order chi connectivity index (χ0) is 15.0. The van der Waals surface area contributed by atoms with Gasteiger partial charge in [-0.05, 0) is 12.1 Å². The van der Waals surface area contributed by atoms with E-state index in [0.717, 1.165) is 16.5 Å². The Hall–Kier alpha value is -0.940. The average Bonchev–Trinajstić information content (AvgIpc) is 2.40. The summed E-state index contributed by atoms with van der Waals surface area (Å²) in [5, 5.41) is 3.71. The molecule has 0 aromatic carbocycles. The zero-order valence-electron chi connectivity index (χ0n) is 12.3. The summed E-state index contributed by atoms with van der Waals surface area (Å²) in [7, 11) is 0. The molecule has 3 nitrogen and oxygen atoms in total. The van der Waals surface area contributed by atoms with Crippen LogP contribution >= 0.6 is 23.5 Å². The number of amides is 1.